The molecule has 2 aromatic carbocycles. The van der Waals surface area contributed by atoms with Gasteiger partial charge in [-0.15, -0.1) is 0 Å². The Labute approximate surface area is 165 Å². The van der Waals surface area contributed by atoms with E-state index in [1.54, 1.807) is 12.3 Å². The molecule has 2 heterocycles. The third-order valence-corrected chi connectivity index (χ3v) is 4.90. The maximum Gasteiger partial charge on any atom is 0.274 e. The highest BCUT2D eigenvalue weighted by Crippen LogP contribution is 2.22. The lowest BCUT2D eigenvalue weighted by Crippen LogP contribution is -2.17. The van der Waals surface area contributed by atoms with Crippen LogP contribution in [0, 0.1) is 6.92 Å². The number of nitrogens with zero attached hydrogens (tertiary/aromatic N) is 2. The van der Waals surface area contributed by atoms with Crippen molar-refractivity contribution in [1.82, 2.24) is 4.98 Å². The molecule has 5 nitrogen and oxygen atoms in total. The summed E-state index contributed by atoms with van der Waals surface area (Å²) in [6, 6.07) is 19.7. The van der Waals surface area contributed by atoms with Gasteiger partial charge in [-0.05, 0) is 73.9 Å². The Kier molecular flexibility index (Phi) is 5.24. The van der Waals surface area contributed by atoms with Gasteiger partial charge in [-0.3, -0.25) is 4.79 Å². The van der Waals surface area contributed by atoms with Crippen LogP contribution in [0.5, 0.6) is 0 Å². The molecule has 0 aliphatic carbocycles. The van der Waals surface area contributed by atoms with E-state index in [0.29, 0.717) is 5.69 Å². The molecule has 0 saturated carbocycles. The van der Waals surface area contributed by atoms with Gasteiger partial charge >= 0.3 is 0 Å². The van der Waals surface area contributed by atoms with Gasteiger partial charge in [0.2, 0.25) is 0 Å². The molecule has 0 atom stereocenters. The Balaban J connectivity index is 1.38. The second kappa shape index (κ2) is 8.13. The van der Waals surface area contributed by atoms with Crippen LogP contribution in [0.4, 0.5) is 22.7 Å². The van der Waals surface area contributed by atoms with Gasteiger partial charge in [-0.2, -0.15) is 0 Å². The third-order valence-electron chi connectivity index (χ3n) is 4.90. The molecular weight excluding hydrogens is 348 g/mol. The zero-order chi connectivity index (χ0) is 19.3. The van der Waals surface area contributed by atoms with Crippen molar-refractivity contribution in [2.24, 2.45) is 0 Å². The summed E-state index contributed by atoms with van der Waals surface area (Å²) in [5, 5.41) is 6.21. The number of nitrogens with one attached hydrogen (secondary N) is 2. The van der Waals surface area contributed by atoms with Crippen LogP contribution < -0.4 is 15.5 Å². The number of pyridine rings is 1. The van der Waals surface area contributed by atoms with Gasteiger partial charge in [-0.1, -0.05) is 12.1 Å². The highest BCUT2D eigenvalue weighted by molar-refractivity contribution is 6.03. The fourth-order valence-corrected chi connectivity index (χ4v) is 3.42. The number of aryl methyl sites for hydroxylation is 1. The predicted octanol–water partition coefficient (Wildman–Crippen LogP) is 4.99. The zero-order valence-electron chi connectivity index (χ0n) is 16.0. The average molecular weight is 372 g/mol. The number of hydrogen-bond acceptors (Lipinski definition) is 4. The van der Waals surface area contributed by atoms with Crippen molar-refractivity contribution in [2.75, 3.05) is 28.6 Å². The van der Waals surface area contributed by atoms with E-state index in [0.717, 1.165) is 30.2 Å². The van der Waals surface area contributed by atoms with E-state index in [-0.39, 0.29) is 5.91 Å². The molecular formula is C23H24N4O. The number of hydrogen-bond donors (Lipinski definition) is 2. The van der Waals surface area contributed by atoms with E-state index in [4.69, 9.17) is 0 Å². The summed E-state index contributed by atoms with van der Waals surface area (Å²) in [6.07, 6.45) is 4.17. The van der Waals surface area contributed by atoms with Crippen molar-refractivity contribution >= 4 is 28.7 Å². The minimum atomic E-state index is -0.212. The van der Waals surface area contributed by atoms with Gasteiger partial charge in [0.1, 0.15) is 5.69 Å². The van der Waals surface area contributed by atoms with E-state index in [1.807, 2.05) is 30.3 Å². The first-order valence-corrected chi connectivity index (χ1v) is 9.63. The minimum absolute atomic E-state index is 0.212. The lowest BCUT2D eigenvalue weighted by molar-refractivity contribution is 0.102. The number of amides is 1. The number of aromatic nitrogens is 1. The van der Waals surface area contributed by atoms with E-state index >= 15 is 0 Å². The number of carbonyl (C=O) groups excluding carboxylic acids is 1. The van der Waals surface area contributed by atoms with Gasteiger partial charge < -0.3 is 15.5 Å². The van der Waals surface area contributed by atoms with Crippen LogP contribution in [0.3, 0.4) is 0 Å². The molecule has 28 heavy (non-hydrogen) atoms. The quantitative estimate of drug-likeness (QED) is 0.663. The Morgan fingerprint density at radius 2 is 1.68 bits per heavy atom. The summed E-state index contributed by atoms with van der Waals surface area (Å²) in [6.45, 7) is 4.27. The molecule has 1 aliphatic heterocycles. The number of anilines is 4. The second-order valence-corrected chi connectivity index (χ2v) is 7.12. The molecule has 0 bridgehead atoms. The molecule has 1 saturated heterocycles. The average Bonchev–Trinajstić information content (AvgIpc) is 3.24. The van der Waals surface area contributed by atoms with Crippen LogP contribution in [0.1, 0.15) is 28.9 Å². The summed E-state index contributed by atoms with van der Waals surface area (Å²) in [4.78, 5) is 19.1. The van der Waals surface area contributed by atoms with Gasteiger partial charge in [-0.25, -0.2) is 4.98 Å². The highest BCUT2D eigenvalue weighted by Gasteiger charge is 2.12. The van der Waals surface area contributed by atoms with Gasteiger partial charge in [0.15, 0.2) is 0 Å². The Morgan fingerprint density at radius 3 is 2.36 bits per heavy atom. The zero-order valence-corrected chi connectivity index (χ0v) is 16.0. The van der Waals surface area contributed by atoms with Gasteiger partial charge in [0.25, 0.3) is 5.91 Å². The Morgan fingerprint density at radius 1 is 0.929 bits per heavy atom. The summed E-state index contributed by atoms with van der Waals surface area (Å²) in [7, 11) is 0. The monoisotopic (exact) mass is 372 g/mol. The van der Waals surface area contributed by atoms with Crippen LogP contribution in [0.25, 0.3) is 0 Å². The van der Waals surface area contributed by atoms with Crippen LogP contribution >= 0.6 is 0 Å². The van der Waals surface area contributed by atoms with Crippen LogP contribution in [-0.2, 0) is 0 Å². The van der Waals surface area contributed by atoms with Gasteiger partial charge in [0, 0.05) is 30.2 Å². The molecule has 142 valence electrons. The molecule has 0 radical (unpaired) electrons. The fourth-order valence-electron chi connectivity index (χ4n) is 3.42. The standard InChI is InChI=1S/C23H24N4O/c1-17-5-4-6-19(15-17)25-20-9-12-22(24-16-20)23(28)26-18-7-10-21(11-8-18)27-13-2-3-14-27/h4-12,15-16,25H,2-3,13-14H2,1H3,(H,26,28). The number of rotatable bonds is 5. The predicted molar refractivity (Wildman–Crippen MR) is 115 cm³/mol. The van der Waals surface area contributed by atoms with Crippen molar-refractivity contribution in [3.05, 3.63) is 78.1 Å². The van der Waals surface area contributed by atoms with Crippen molar-refractivity contribution in [3.63, 3.8) is 0 Å². The first-order valence-electron chi connectivity index (χ1n) is 9.63. The van der Waals surface area contributed by atoms with Crippen molar-refractivity contribution in [2.45, 2.75) is 19.8 Å². The second-order valence-electron chi connectivity index (χ2n) is 7.12. The highest BCUT2D eigenvalue weighted by atomic mass is 16.1. The molecule has 1 aromatic heterocycles. The summed E-state index contributed by atoms with van der Waals surface area (Å²) in [5.41, 5.74) is 5.40. The fraction of sp³-hybridized carbons (Fsp3) is 0.217. The molecule has 2 N–H and O–H groups in total. The number of carbonyl (C=O) groups is 1. The molecule has 5 heteroatoms. The maximum atomic E-state index is 12.5. The topological polar surface area (TPSA) is 57.3 Å². The van der Waals surface area contributed by atoms with Crippen molar-refractivity contribution in [3.8, 4) is 0 Å². The molecule has 1 amide bonds. The van der Waals surface area contributed by atoms with Crippen molar-refractivity contribution < 1.29 is 4.79 Å². The SMILES string of the molecule is Cc1cccc(Nc2ccc(C(=O)Nc3ccc(N4CCCC4)cc3)nc2)c1. The van der Waals surface area contributed by atoms with E-state index in [1.165, 1.54) is 24.1 Å². The summed E-state index contributed by atoms with van der Waals surface area (Å²) in [5.74, 6) is -0.212. The summed E-state index contributed by atoms with van der Waals surface area (Å²) < 4.78 is 0. The van der Waals surface area contributed by atoms with E-state index in [9.17, 15) is 4.79 Å². The maximum absolute atomic E-state index is 12.5. The lowest BCUT2D eigenvalue weighted by Gasteiger charge is -2.17. The first-order chi connectivity index (χ1) is 13.7. The number of benzene rings is 2. The van der Waals surface area contributed by atoms with Gasteiger partial charge in [0.05, 0.1) is 11.9 Å². The third kappa shape index (κ3) is 4.31. The van der Waals surface area contributed by atoms with Crippen LogP contribution in [-0.4, -0.2) is 24.0 Å². The van der Waals surface area contributed by atoms with Crippen LogP contribution in [0.15, 0.2) is 66.9 Å². The lowest BCUT2D eigenvalue weighted by atomic mass is 10.2. The largest absolute Gasteiger partial charge is 0.372 e. The normalized spacial score (nSPS) is 13.4. The Bertz CT molecular complexity index is 945. The molecule has 3 aromatic rings. The molecule has 1 fully saturated rings. The van der Waals surface area contributed by atoms with Crippen LogP contribution in [0.2, 0.25) is 0 Å². The van der Waals surface area contributed by atoms with Crippen molar-refractivity contribution in [1.29, 1.82) is 0 Å². The minimum Gasteiger partial charge on any atom is -0.372 e. The summed E-state index contributed by atoms with van der Waals surface area (Å²) >= 11 is 0. The Hall–Kier alpha value is -3.34. The molecule has 1 aliphatic rings. The molecule has 0 unspecified atom stereocenters. The van der Waals surface area contributed by atoms with E-state index < -0.39 is 0 Å². The smallest absolute Gasteiger partial charge is 0.274 e. The molecule has 0 spiro atoms. The first kappa shape index (κ1) is 18.0. The molecule has 4 rings (SSSR count). The van der Waals surface area contributed by atoms with E-state index in [2.05, 4.69) is 51.7 Å².